The Kier molecular flexibility index (Phi) is 4.32. The smallest absolute Gasteiger partial charge is 0.263 e. The van der Waals surface area contributed by atoms with Crippen molar-refractivity contribution in [2.75, 3.05) is 12.0 Å². The van der Waals surface area contributed by atoms with Gasteiger partial charge in [-0.05, 0) is 18.6 Å². The van der Waals surface area contributed by atoms with E-state index in [1.165, 1.54) is 16.8 Å². The Labute approximate surface area is 126 Å². The number of aromatic nitrogens is 1. The number of hydrogen-bond acceptors (Lipinski definition) is 4. The van der Waals surface area contributed by atoms with Crippen LogP contribution in [0.4, 0.5) is 4.39 Å². The third kappa shape index (κ3) is 3.75. The van der Waals surface area contributed by atoms with Gasteiger partial charge in [-0.3, -0.25) is 0 Å². The van der Waals surface area contributed by atoms with Gasteiger partial charge in [-0.15, -0.1) is 0 Å². The lowest BCUT2D eigenvalue weighted by Crippen LogP contribution is -2.07. The van der Waals surface area contributed by atoms with Crippen LogP contribution in [0.25, 0.3) is 10.9 Å². The van der Waals surface area contributed by atoms with E-state index in [0.29, 0.717) is 11.9 Å². The van der Waals surface area contributed by atoms with Crippen molar-refractivity contribution in [3.05, 3.63) is 30.2 Å². The molecule has 1 aromatic heterocycles. The Balaban J connectivity index is 2.49. The van der Waals surface area contributed by atoms with Crippen LogP contribution >= 0.6 is 10.7 Å². The largest absolute Gasteiger partial charge is 0.346 e. The van der Waals surface area contributed by atoms with E-state index < -0.39 is 24.7 Å². The Morgan fingerprint density at radius 3 is 2.48 bits per heavy atom. The van der Waals surface area contributed by atoms with Crippen molar-refractivity contribution >= 4 is 40.5 Å². The lowest BCUT2D eigenvalue weighted by Gasteiger charge is -2.04. The molecular formula is C12H13ClFNO4S2. The van der Waals surface area contributed by atoms with Gasteiger partial charge in [0.25, 0.3) is 9.05 Å². The topological polar surface area (TPSA) is 73.2 Å². The average Bonchev–Trinajstić information content (AvgIpc) is 2.68. The minimum atomic E-state index is -4.09. The first-order valence-electron chi connectivity index (χ1n) is 5.99. The highest BCUT2D eigenvalue weighted by Crippen LogP contribution is 2.30. The van der Waals surface area contributed by atoms with Gasteiger partial charge in [0, 0.05) is 29.7 Å². The summed E-state index contributed by atoms with van der Waals surface area (Å²) < 4.78 is 60.7. The summed E-state index contributed by atoms with van der Waals surface area (Å²) in [5.74, 6) is -0.723. The van der Waals surface area contributed by atoms with Crippen molar-refractivity contribution < 1.29 is 21.2 Å². The van der Waals surface area contributed by atoms with E-state index in [-0.39, 0.29) is 22.6 Å². The van der Waals surface area contributed by atoms with Gasteiger partial charge in [-0.1, -0.05) is 6.07 Å². The molecule has 0 saturated heterocycles. The molecule has 5 nitrogen and oxygen atoms in total. The summed E-state index contributed by atoms with van der Waals surface area (Å²) in [6, 6.07) is 4.16. The highest BCUT2D eigenvalue weighted by atomic mass is 35.7. The highest BCUT2D eigenvalue weighted by Gasteiger charge is 2.21. The normalized spacial score (nSPS) is 12.9. The predicted molar refractivity (Wildman–Crippen MR) is 79.3 cm³/mol. The Morgan fingerprint density at radius 1 is 1.24 bits per heavy atom. The van der Waals surface area contributed by atoms with Gasteiger partial charge < -0.3 is 4.57 Å². The van der Waals surface area contributed by atoms with Crippen molar-refractivity contribution in [1.82, 2.24) is 4.57 Å². The van der Waals surface area contributed by atoms with Crippen LogP contribution in [-0.2, 0) is 25.4 Å². The van der Waals surface area contributed by atoms with Gasteiger partial charge in [0.15, 0.2) is 0 Å². The monoisotopic (exact) mass is 353 g/mol. The van der Waals surface area contributed by atoms with Crippen molar-refractivity contribution in [2.24, 2.45) is 0 Å². The van der Waals surface area contributed by atoms with Crippen molar-refractivity contribution in [1.29, 1.82) is 0 Å². The highest BCUT2D eigenvalue weighted by molar-refractivity contribution is 8.14. The molecule has 0 fully saturated rings. The molecule has 0 bridgehead atoms. The summed E-state index contributed by atoms with van der Waals surface area (Å²) in [4.78, 5) is -0.309. The van der Waals surface area contributed by atoms with Gasteiger partial charge >= 0.3 is 0 Å². The average molecular weight is 354 g/mol. The lowest BCUT2D eigenvalue weighted by atomic mass is 10.2. The number of benzene rings is 1. The molecule has 0 aliphatic carbocycles. The minimum Gasteiger partial charge on any atom is -0.346 e. The molecule has 2 aromatic rings. The molecule has 116 valence electrons. The zero-order valence-corrected chi connectivity index (χ0v) is 13.5. The number of halogens is 2. The summed E-state index contributed by atoms with van der Waals surface area (Å²) in [6.45, 7) is 0.249. The maximum atomic E-state index is 13.9. The van der Waals surface area contributed by atoms with Crippen LogP contribution < -0.4 is 0 Å². The second kappa shape index (κ2) is 5.58. The third-order valence-corrected chi connectivity index (χ3v) is 5.36. The van der Waals surface area contributed by atoms with Gasteiger partial charge in [0.1, 0.15) is 20.5 Å². The van der Waals surface area contributed by atoms with Crippen molar-refractivity contribution in [3.63, 3.8) is 0 Å². The Hall–Kier alpha value is -1.12. The molecule has 1 aromatic carbocycles. The molecular weight excluding hydrogens is 341 g/mol. The summed E-state index contributed by atoms with van der Waals surface area (Å²) in [5, 5.41) is -0.0770. The standard InChI is InChI=1S/C12H13ClFNO4S2/c1-20(16,17)7-3-6-15-8-11(21(13,18)19)12-9(14)4-2-5-10(12)15/h2,4-5,8H,3,6-7H2,1H3. The van der Waals surface area contributed by atoms with E-state index in [4.69, 9.17) is 10.7 Å². The van der Waals surface area contributed by atoms with Gasteiger partial charge in [0.05, 0.1) is 16.7 Å². The molecule has 0 N–H and O–H groups in total. The Bertz CT molecular complexity index is 887. The van der Waals surface area contributed by atoms with Crippen LogP contribution in [0, 0.1) is 5.82 Å². The molecule has 0 aliphatic heterocycles. The molecule has 0 unspecified atom stereocenters. The number of hydrogen-bond donors (Lipinski definition) is 0. The number of nitrogens with zero attached hydrogens (tertiary/aromatic N) is 1. The van der Waals surface area contributed by atoms with E-state index in [1.807, 2.05) is 0 Å². The molecule has 2 rings (SSSR count). The molecule has 9 heteroatoms. The molecule has 0 amide bonds. The molecule has 1 heterocycles. The predicted octanol–water partition coefficient (Wildman–Crippen LogP) is 2.14. The van der Waals surface area contributed by atoms with Crippen LogP contribution in [0.3, 0.4) is 0 Å². The molecule has 0 aliphatic rings. The Morgan fingerprint density at radius 2 is 1.90 bits per heavy atom. The first-order chi connectivity index (χ1) is 9.59. The van der Waals surface area contributed by atoms with Crippen LogP contribution in [0.15, 0.2) is 29.3 Å². The van der Waals surface area contributed by atoms with Crippen molar-refractivity contribution in [3.8, 4) is 0 Å². The SMILES string of the molecule is CS(=O)(=O)CCCn1cc(S(=O)(=O)Cl)c2c(F)cccc21. The second-order valence-corrected chi connectivity index (χ2v) is 9.54. The van der Waals surface area contributed by atoms with E-state index in [1.54, 1.807) is 6.07 Å². The summed E-state index contributed by atoms with van der Waals surface area (Å²) in [7, 11) is -1.87. The van der Waals surface area contributed by atoms with Gasteiger partial charge in [-0.2, -0.15) is 0 Å². The summed E-state index contributed by atoms with van der Waals surface area (Å²) >= 11 is 0. The number of sulfone groups is 1. The van der Waals surface area contributed by atoms with Crippen LogP contribution in [0.2, 0.25) is 0 Å². The first-order valence-corrected chi connectivity index (χ1v) is 10.4. The van der Waals surface area contributed by atoms with Crippen LogP contribution in [0.1, 0.15) is 6.42 Å². The maximum absolute atomic E-state index is 13.9. The van der Waals surface area contributed by atoms with E-state index in [9.17, 15) is 21.2 Å². The number of aryl methyl sites for hydroxylation is 1. The van der Waals surface area contributed by atoms with E-state index in [2.05, 4.69) is 0 Å². The molecule has 0 saturated carbocycles. The van der Waals surface area contributed by atoms with Gasteiger partial charge in [0.2, 0.25) is 0 Å². The second-order valence-electron chi connectivity index (χ2n) is 4.74. The van der Waals surface area contributed by atoms with Crippen LogP contribution in [-0.4, -0.2) is 33.4 Å². The number of fused-ring (bicyclic) bond motifs is 1. The van der Waals surface area contributed by atoms with Crippen LogP contribution in [0.5, 0.6) is 0 Å². The minimum absolute atomic E-state index is 0.0368. The third-order valence-electron chi connectivity index (χ3n) is 3.00. The molecule has 0 atom stereocenters. The molecule has 0 radical (unpaired) electrons. The molecule has 21 heavy (non-hydrogen) atoms. The lowest BCUT2D eigenvalue weighted by molar-refractivity contribution is 0.592. The zero-order chi connectivity index (χ0) is 15.8. The first kappa shape index (κ1) is 16.3. The molecule has 0 spiro atoms. The quantitative estimate of drug-likeness (QED) is 0.772. The fraction of sp³-hybridized carbons (Fsp3) is 0.333. The summed E-state index contributed by atoms with van der Waals surface area (Å²) in [5.41, 5.74) is 0.364. The maximum Gasteiger partial charge on any atom is 0.263 e. The fourth-order valence-electron chi connectivity index (χ4n) is 2.14. The van der Waals surface area contributed by atoms with Crippen molar-refractivity contribution in [2.45, 2.75) is 17.9 Å². The van der Waals surface area contributed by atoms with Gasteiger partial charge in [-0.25, -0.2) is 21.2 Å². The fourth-order valence-corrected chi connectivity index (χ4v) is 3.84. The summed E-state index contributed by atoms with van der Waals surface area (Å²) in [6.07, 6.45) is 2.65. The zero-order valence-electron chi connectivity index (χ0n) is 11.1. The number of rotatable bonds is 5. The van der Waals surface area contributed by atoms with E-state index in [0.717, 1.165) is 12.3 Å². The van der Waals surface area contributed by atoms with E-state index >= 15 is 0 Å².